The van der Waals surface area contributed by atoms with E-state index in [4.69, 9.17) is 19.5 Å². The summed E-state index contributed by atoms with van der Waals surface area (Å²) in [6.07, 6.45) is 0.0292. The van der Waals surface area contributed by atoms with Crippen molar-refractivity contribution in [2.24, 2.45) is 17.6 Å². The zero-order valence-electron chi connectivity index (χ0n) is 15.4. The zero-order chi connectivity index (χ0) is 19.0. The van der Waals surface area contributed by atoms with Crippen LogP contribution >= 0.6 is 7.82 Å². The van der Waals surface area contributed by atoms with E-state index in [0.29, 0.717) is 19.4 Å². The van der Waals surface area contributed by atoms with Gasteiger partial charge in [0.25, 0.3) is 0 Å². The second kappa shape index (κ2) is 10.9. The molecule has 8 nitrogen and oxygen atoms in total. The molecule has 0 saturated carbocycles. The predicted molar refractivity (Wildman–Crippen MR) is 93.9 cm³/mol. The molecule has 0 aromatic rings. The lowest BCUT2D eigenvalue weighted by Gasteiger charge is -2.25. The average molecular weight is 383 g/mol. The molecule has 0 aromatic carbocycles. The Morgan fingerprint density at radius 1 is 1.32 bits per heavy atom. The Balaban J connectivity index is 2.57. The minimum atomic E-state index is -4.37. The van der Waals surface area contributed by atoms with Gasteiger partial charge in [-0.2, -0.15) is 0 Å². The van der Waals surface area contributed by atoms with E-state index in [0.717, 1.165) is 12.8 Å². The van der Waals surface area contributed by atoms with Gasteiger partial charge in [0, 0.05) is 12.5 Å². The van der Waals surface area contributed by atoms with Crippen LogP contribution in [0.5, 0.6) is 0 Å². The molecule has 0 aliphatic carbocycles. The van der Waals surface area contributed by atoms with E-state index in [1.165, 1.54) is 0 Å². The van der Waals surface area contributed by atoms with E-state index in [2.05, 4.69) is 0 Å². The summed E-state index contributed by atoms with van der Waals surface area (Å²) < 4.78 is 28.2. The highest BCUT2D eigenvalue weighted by molar-refractivity contribution is 7.47. The number of phosphoric acid groups is 1. The number of unbranched alkanes of at least 4 members (excludes halogenated alkanes) is 1. The third-order valence-electron chi connectivity index (χ3n) is 4.33. The molecule has 5 N–H and O–H groups in total. The zero-order valence-corrected chi connectivity index (χ0v) is 16.3. The molecule has 0 bridgehead atoms. The molecule has 2 unspecified atom stereocenters. The fraction of sp³-hybridized carbons (Fsp3) is 1.00. The van der Waals surface area contributed by atoms with Crippen LogP contribution in [-0.4, -0.2) is 59.3 Å². The number of aliphatic hydroxyl groups is 2. The number of hydrogen-bond donors (Lipinski definition) is 4. The summed E-state index contributed by atoms with van der Waals surface area (Å²) in [6, 6.07) is 0. The highest BCUT2D eigenvalue weighted by atomic mass is 31.2. The van der Waals surface area contributed by atoms with E-state index in [1.54, 1.807) is 6.92 Å². The SMILES string of the molecule is CC(C)C[C@H]1O[C@@H](C)[C@H](O)[C@@H]1OP(=O)(O)OCC(CO)CCCCN. The highest BCUT2D eigenvalue weighted by Crippen LogP contribution is 2.48. The molecule has 1 aliphatic rings. The van der Waals surface area contributed by atoms with Gasteiger partial charge in [0.1, 0.15) is 12.2 Å². The van der Waals surface area contributed by atoms with E-state index in [1.807, 2.05) is 13.8 Å². The first kappa shape index (κ1) is 23.0. The van der Waals surface area contributed by atoms with Crippen molar-refractivity contribution in [3.8, 4) is 0 Å². The first-order valence-electron chi connectivity index (χ1n) is 9.00. The van der Waals surface area contributed by atoms with Crippen molar-refractivity contribution in [2.75, 3.05) is 19.8 Å². The summed E-state index contributed by atoms with van der Waals surface area (Å²) >= 11 is 0. The van der Waals surface area contributed by atoms with Crippen LogP contribution in [0.2, 0.25) is 0 Å². The lowest BCUT2D eigenvalue weighted by Crippen LogP contribution is -2.34. The molecule has 9 heteroatoms. The maximum absolute atomic E-state index is 12.2. The quantitative estimate of drug-likeness (QED) is 0.294. The van der Waals surface area contributed by atoms with E-state index in [-0.39, 0.29) is 25.0 Å². The summed E-state index contributed by atoms with van der Waals surface area (Å²) in [5.74, 6) is 0.0275. The van der Waals surface area contributed by atoms with Gasteiger partial charge in [-0.15, -0.1) is 0 Å². The van der Waals surface area contributed by atoms with Crippen LogP contribution in [0, 0.1) is 11.8 Å². The molecule has 1 heterocycles. The maximum Gasteiger partial charge on any atom is 0.472 e. The van der Waals surface area contributed by atoms with Crippen molar-refractivity contribution in [3.05, 3.63) is 0 Å². The first-order chi connectivity index (χ1) is 11.7. The van der Waals surface area contributed by atoms with E-state index >= 15 is 0 Å². The third kappa shape index (κ3) is 8.01. The Hall–Kier alpha value is -0.0500. The summed E-state index contributed by atoms with van der Waals surface area (Å²) in [5.41, 5.74) is 5.43. The van der Waals surface area contributed by atoms with Gasteiger partial charge in [-0.25, -0.2) is 4.57 Å². The van der Waals surface area contributed by atoms with Crippen molar-refractivity contribution >= 4 is 7.82 Å². The van der Waals surface area contributed by atoms with Crippen LogP contribution < -0.4 is 5.73 Å². The molecule has 0 spiro atoms. The Kier molecular flexibility index (Phi) is 10.1. The molecule has 6 atom stereocenters. The number of ether oxygens (including phenoxy) is 1. The molecular weight excluding hydrogens is 349 g/mol. The van der Waals surface area contributed by atoms with Crippen molar-refractivity contribution in [1.82, 2.24) is 0 Å². The molecule has 0 aromatic heterocycles. The summed E-state index contributed by atoms with van der Waals surface area (Å²) in [5, 5.41) is 19.5. The Labute approximate surface area is 150 Å². The number of rotatable bonds is 12. The second-order valence-electron chi connectivity index (χ2n) is 7.17. The second-order valence-corrected chi connectivity index (χ2v) is 8.57. The van der Waals surface area contributed by atoms with Crippen molar-refractivity contribution in [2.45, 2.75) is 70.9 Å². The van der Waals surface area contributed by atoms with Crippen molar-refractivity contribution in [3.63, 3.8) is 0 Å². The summed E-state index contributed by atoms with van der Waals surface area (Å²) in [4.78, 5) is 9.99. The van der Waals surface area contributed by atoms with Gasteiger partial charge in [0.05, 0.1) is 18.8 Å². The van der Waals surface area contributed by atoms with Crippen LogP contribution in [0.25, 0.3) is 0 Å². The fourth-order valence-electron chi connectivity index (χ4n) is 2.89. The molecule has 0 amide bonds. The van der Waals surface area contributed by atoms with Gasteiger partial charge in [0.15, 0.2) is 0 Å². The first-order valence-corrected chi connectivity index (χ1v) is 10.5. The van der Waals surface area contributed by atoms with Gasteiger partial charge >= 0.3 is 7.82 Å². The highest BCUT2D eigenvalue weighted by Gasteiger charge is 2.46. The van der Waals surface area contributed by atoms with Crippen LogP contribution in [0.1, 0.15) is 46.5 Å². The standard InChI is InChI=1S/C16H34NO7P/c1-11(2)8-14-16(15(19)12(3)23-14)24-25(20,21)22-10-13(9-18)6-4-5-7-17/h11-16,18-19H,4-10,17H2,1-3H3,(H,20,21)/t12-,13?,14+,15-,16+/m0/s1. The molecule has 1 fully saturated rings. The molecule has 1 aliphatic heterocycles. The molecule has 1 saturated heterocycles. The van der Waals surface area contributed by atoms with Gasteiger partial charge in [0.2, 0.25) is 0 Å². The van der Waals surface area contributed by atoms with Crippen LogP contribution in [0.4, 0.5) is 0 Å². The van der Waals surface area contributed by atoms with E-state index < -0.39 is 32.2 Å². The van der Waals surface area contributed by atoms with E-state index in [9.17, 15) is 19.7 Å². The molecule has 25 heavy (non-hydrogen) atoms. The monoisotopic (exact) mass is 383 g/mol. The summed E-state index contributed by atoms with van der Waals surface area (Å²) in [6.45, 7) is 6.02. The van der Waals surface area contributed by atoms with Gasteiger partial charge < -0.3 is 25.6 Å². The van der Waals surface area contributed by atoms with Crippen molar-refractivity contribution in [1.29, 1.82) is 0 Å². The normalized spacial score (nSPS) is 30.6. The Morgan fingerprint density at radius 3 is 2.56 bits per heavy atom. The lowest BCUT2D eigenvalue weighted by atomic mass is 10.00. The number of hydrogen-bond acceptors (Lipinski definition) is 7. The third-order valence-corrected chi connectivity index (χ3v) is 5.32. The van der Waals surface area contributed by atoms with Crippen LogP contribution in [0.3, 0.4) is 0 Å². The number of nitrogens with two attached hydrogens (primary N) is 1. The number of aliphatic hydroxyl groups excluding tert-OH is 2. The van der Waals surface area contributed by atoms with Gasteiger partial charge in [-0.05, 0) is 38.6 Å². The Bertz CT molecular complexity index is 421. The predicted octanol–water partition coefficient (Wildman–Crippen LogP) is 1.42. The smallest absolute Gasteiger partial charge is 0.396 e. The average Bonchev–Trinajstić information content (AvgIpc) is 2.77. The largest absolute Gasteiger partial charge is 0.472 e. The number of phosphoric ester groups is 1. The topological polar surface area (TPSA) is 131 Å². The lowest BCUT2D eigenvalue weighted by molar-refractivity contribution is -0.00315. The molecule has 0 radical (unpaired) electrons. The molecular formula is C16H34NO7P. The van der Waals surface area contributed by atoms with Crippen LogP contribution in [0.15, 0.2) is 0 Å². The van der Waals surface area contributed by atoms with Gasteiger partial charge in [-0.3, -0.25) is 9.05 Å². The van der Waals surface area contributed by atoms with Crippen molar-refractivity contribution < 1.29 is 33.5 Å². The molecule has 1 rings (SSSR count). The van der Waals surface area contributed by atoms with Gasteiger partial charge in [-0.1, -0.05) is 20.3 Å². The molecule has 150 valence electrons. The fourth-order valence-corrected chi connectivity index (χ4v) is 3.92. The minimum Gasteiger partial charge on any atom is -0.396 e. The maximum atomic E-state index is 12.2. The Morgan fingerprint density at radius 2 is 2.00 bits per heavy atom. The summed E-state index contributed by atoms with van der Waals surface area (Å²) in [7, 11) is -4.37. The minimum absolute atomic E-state index is 0.0943. The van der Waals surface area contributed by atoms with Crippen LogP contribution in [-0.2, 0) is 18.3 Å².